The van der Waals surface area contributed by atoms with Crippen molar-refractivity contribution in [3.63, 3.8) is 0 Å². The first-order chi connectivity index (χ1) is 6.28. The van der Waals surface area contributed by atoms with E-state index in [-0.39, 0.29) is 0 Å². The Morgan fingerprint density at radius 1 is 1.46 bits per heavy atom. The van der Waals surface area contributed by atoms with E-state index in [1.807, 2.05) is 11.3 Å². The Hall–Kier alpha value is -0.340. The van der Waals surface area contributed by atoms with Crippen molar-refractivity contribution in [2.24, 2.45) is 5.73 Å². The van der Waals surface area contributed by atoms with Gasteiger partial charge in [-0.3, -0.25) is 0 Å². The van der Waals surface area contributed by atoms with Crippen LogP contribution in [0.5, 0.6) is 0 Å². The highest BCUT2D eigenvalue weighted by molar-refractivity contribution is 7.08. The van der Waals surface area contributed by atoms with Crippen molar-refractivity contribution < 1.29 is 0 Å². The third-order valence-electron chi connectivity index (χ3n) is 3.36. The highest BCUT2D eigenvalue weighted by Gasteiger charge is 2.38. The van der Waals surface area contributed by atoms with E-state index in [1.54, 1.807) is 5.56 Å². The van der Waals surface area contributed by atoms with Gasteiger partial charge in [-0.1, -0.05) is 6.42 Å². The Kier molecular flexibility index (Phi) is 2.43. The molecule has 0 aromatic carbocycles. The molecule has 1 aliphatic carbocycles. The van der Waals surface area contributed by atoms with E-state index < -0.39 is 0 Å². The van der Waals surface area contributed by atoms with Gasteiger partial charge in [-0.2, -0.15) is 11.3 Å². The summed E-state index contributed by atoms with van der Waals surface area (Å²) in [6.45, 7) is 3.05. The molecule has 13 heavy (non-hydrogen) atoms. The summed E-state index contributed by atoms with van der Waals surface area (Å²) < 4.78 is 0. The normalized spacial score (nSPS) is 19.8. The third-order valence-corrected chi connectivity index (χ3v) is 4.22. The molecule has 1 aromatic heterocycles. The van der Waals surface area contributed by atoms with E-state index in [0.717, 1.165) is 6.54 Å². The van der Waals surface area contributed by atoms with Crippen molar-refractivity contribution in [2.75, 3.05) is 6.54 Å². The van der Waals surface area contributed by atoms with Crippen molar-refractivity contribution in [1.82, 2.24) is 0 Å². The zero-order valence-corrected chi connectivity index (χ0v) is 8.99. The molecule has 1 aliphatic rings. The number of hydrogen-bond acceptors (Lipinski definition) is 2. The summed E-state index contributed by atoms with van der Waals surface area (Å²) >= 11 is 1.83. The summed E-state index contributed by atoms with van der Waals surface area (Å²) in [6.07, 6.45) is 5.25. The van der Waals surface area contributed by atoms with Gasteiger partial charge in [0.05, 0.1) is 0 Å². The van der Waals surface area contributed by atoms with Crippen LogP contribution < -0.4 is 5.73 Å². The molecule has 1 fully saturated rings. The highest BCUT2D eigenvalue weighted by atomic mass is 32.1. The quantitative estimate of drug-likeness (QED) is 0.788. The Balaban J connectivity index is 2.26. The largest absolute Gasteiger partial charge is 0.330 e. The zero-order chi connectivity index (χ0) is 9.31. The van der Waals surface area contributed by atoms with Gasteiger partial charge in [0.2, 0.25) is 0 Å². The van der Waals surface area contributed by atoms with E-state index in [2.05, 4.69) is 17.7 Å². The minimum atomic E-state index is 0.471. The summed E-state index contributed by atoms with van der Waals surface area (Å²) in [5.41, 5.74) is 9.20. The van der Waals surface area contributed by atoms with Gasteiger partial charge in [0.15, 0.2) is 0 Å². The minimum absolute atomic E-state index is 0.471. The molecular weight excluding hydrogens is 178 g/mol. The zero-order valence-electron chi connectivity index (χ0n) is 8.18. The number of aryl methyl sites for hydroxylation is 1. The smallest absolute Gasteiger partial charge is 0.00241 e. The molecule has 2 N–H and O–H groups in total. The summed E-state index contributed by atoms with van der Waals surface area (Å²) in [6, 6.07) is 0. The minimum Gasteiger partial charge on any atom is -0.330 e. The molecule has 0 amide bonds. The number of hydrogen-bond donors (Lipinski definition) is 1. The molecule has 0 radical (unpaired) electrons. The number of nitrogens with two attached hydrogens (primary N) is 1. The van der Waals surface area contributed by atoms with Crippen LogP contribution in [-0.4, -0.2) is 6.54 Å². The lowest BCUT2D eigenvalue weighted by atomic mass is 9.62. The topological polar surface area (TPSA) is 26.0 Å². The van der Waals surface area contributed by atoms with E-state index in [4.69, 9.17) is 5.73 Å². The second kappa shape index (κ2) is 3.43. The van der Waals surface area contributed by atoms with Crippen LogP contribution >= 0.6 is 11.3 Å². The number of rotatable bonds is 3. The maximum atomic E-state index is 5.68. The second-order valence-electron chi connectivity index (χ2n) is 4.14. The van der Waals surface area contributed by atoms with Crippen molar-refractivity contribution in [3.8, 4) is 0 Å². The Bertz CT molecular complexity index is 286. The first-order valence-electron chi connectivity index (χ1n) is 5.02. The molecule has 0 unspecified atom stereocenters. The van der Waals surface area contributed by atoms with Crippen LogP contribution in [0.1, 0.15) is 36.8 Å². The third kappa shape index (κ3) is 1.42. The average molecular weight is 195 g/mol. The lowest BCUT2D eigenvalue weighted by Gasteiger charge is -2.42. The Morgan fingerprint density at radius 3 is 2.62 bits per heavy atom. The van der Waals surface area contributed by atoms with Gasteiger partial charge >= 0.3 is 0 Å². The summed E-state index contributed by atoms with van der Waals surface area (Å²) in [7, 11) is 0. The molecule has 2 heteroatoms. The fraction of sp³-hybridized carbons (Fsp3) is 0.636. The van der Waals surface area contributed by atoms with Crippen LogP contribution in [0.25, 0.3) is 0 Å². The molecular formula is C11H17NS. The van der Waals surface area contributed by atoms with Crippen LogP contribution in [0.3, 0.4) is 0 Å². The van der Waals surface area contributed by atoms with Gasteiger partial charge in [-0.25, -0.2) is 0 Å². The van der Waals surface area contributed by atoms with Crippen molar-refractivity contribution in [1.29, 1.82) is 0 Å². The monoisotopic (exact) mass is 195 g/mol. The maximum absolute atomic E-state index is 5.68. The molecule has 0 spiro atoms. The van der Waals surface area contributed by atoms with Crippen molar-refractivity contribution in [3.05, 3.63) is 21.9 Å². The first-order valence-corrected chi connectivity index (χ1v) is 5.96. The van der Waals surface area contributed by atoms with Crippen LogP contribution in [0.15, 0.2) is 10.8 Å². The van der Waals surface area contributed by atoms with Gasteiger partial charge < -0.3 is 5.73 Å². The van der Waals surface area contributed by atoms with Gasteiger partial charge in [0.25, 0.3) is 0 Å². The molecule has 0 aliphatic heterocycles. The SMILES string of the molecule is Cc1cscc1C1(CCN)CCC1. The lowest BCUT2D eigenvalue weighted by Crippen LogP contribution is -2.36. The fourth-order valence-corrected chi connectivity index (χ4v) is 3.41. The second-order valence-corrected chi connectivity index (χ2v) is 4.88. The first kappa shape index (κ1) is 9.22. The van der Waals surface area contributed by atoms with Crippen molar-refractivity contribution in [2.45, 2.75) is 38.0 Å². The lowest BCUT2D eigenvalue weighted by molar-refractivity contribution is 0.229. The molecule has 1 nitrogen and oxygen atoms in total. The van der Waals surface area contributed by atoms with E-state index >= 15 is 0 Å². The van der Waals surface area contributed by atoms with Crippen LogP contribution in [0.4, 0.5) is 0 Å². The molecule has 0 bridgehead atoms. The highest BCUT2D eigenvalue weighted by Crippen LogP contribution is 2.48. The van der Waals surface area contributed by atoms with Crippen LogP contribution in [-0.2, 0) is 5.41 Å². The molecule has 1 saturated carbocycles. The van der Waals surface area contributed by atoms with Crippen LogP contribution in [0.2, 0.25) is 0 Å². The van der Waals surface area contributed by atoms with Crippen LogP contribution in [0, 0.1) is 6.92 Å². The van der Waals surface area contributed by atoms with Crippen molar-refractivity contribution >= 4 is 11.3 Å². The molecule has 1 heterocycles. The predicted octanol–water partition coefficient (Wildman–Crippen LogP) is 2.83. The van der Waals surface area contributed by atoms with Gasteiger partial charge in [0.1, 0.15) is 0 Å². The molecule has 72 valence electrons. The predicted molar refractivity (Wildman–Crippen MR) is 58.3 cm³/mol. The van der Waals surface area contributed by atoms with Gasteiger partial charge in [-0.15, -0.1) is 0 Å². The summed E-state index contributed by atoms with van der Waals surface area (Å²) in [5, 5.41) is 4.58. The summed E-state index contributed by atoms with van der Waals surface area (Å²) in [4.78, 5) is 0. The van der Waals surface area contributed by atoms with Gasteiger partial charge in [-0.05, 0) is 60.0 Å². The standard InChI is InChI=1S/C11H17NS/c1-9-7-13-8-10(9)11(5-6-12)3-2-4-11/h7-8H,2-6,12H2,1H3. The fourth-order valence-electron chi connectivity index (χ4n) is 2.44. The summed E-state index contributed by atoms with van der Waals surface area (Å²) in [5.74, 6) is 0. The molecule has 0 saturated heterocycles. The Morgan fingerprint density at radius 2 is 2.23 bits per heavy atom. The van der Waals surface area contributed by atoms with E-state index in [0.29, 0.717) is 5.41 Å². The van der Waals surface area contributed by atoms with E-state index in [1.165, 1.54) is 31.2 Å². The molecule has 2 rings (SSSR count). The molecule has 1 aromatic rings. The average Bonchev–Trinajstić information content (AvgIpc) is 2.44. The number of thiophene rings is 1. The Labute approximate surface area is 84.0 Å². The maximum Gasteiger partial charge on any atom is -0.00241 e. The van der Waals surface area contributed by atoms with Gasteiger partial charge in [0, 0.05) is 0 Å². The molecule has 0 atom stereocenters. The van der Waals surface area contributed by atoms with E-state index in [9.17, 15) is 0 Å².